The molecule has 0 spiro atoms. The summed E-state index contributed by atoms with van der Waals surface area (Å²) < 4.78 is 13.0. The van der Waals surface area contributed by atoms with E-state index >= 15 is 0 Å². The van der Waals surface area contributed by atoms with Crippen molar-refractivity contribution in [2.75, 3.05) is 24.2 Å². The van der Waals surface area contributed by atoms with Crippen LogP contribution in [0.3, 0.4) is 0 Å². The Morgan fingerprint density at radius 2 is 1.79 bits per heavy atom. The second-order valence-electron chi connectivity index (χ2n) is 4.86. The summed E-state index contributed by atoms with van der Waals surface area (Å²) in [4.78, 5) is 2.05. The minimum Gasteiger partial charge on any atom is -0.397 e. The van der Waals surface area contributed by atoms with Crippen molar-refractivity contribution in [2.24, 2.45) is 0 Å². The van der Waals surface area contributed by atoms with Gasteiger partial charge in [-0.2, -0.15) is 0 Å². The summed E-state index contributed by atoms with van der Waals surface area (Å²) in [7, 11) is 1.97. The fraction of sp³-hybridized carbons (Fsp3) is 0.250. The molecule has 0 amide bonds. The van der Waals surface area contributed by atoms with Crippen molar-refractivity contribution < 1.29 is 4.39 Å². The first kappa shape index (κ1) is 13.4. The predicted molar refractivity (Wildman–Crippen MR) is 79.0 cm³/mol. The second-order valence-corrected chi connectivity index (χ2v) is 4.86. The van der Waals surface area contributed by atoms with E-state index in [1.54, 1.807) is 6.07 Å². The van der Waals surface area contributed by atoms with Gasteiger partial charge in [0.25, 0.3) is 0 Å². The monoisotopic (exact) mass is 258 g/mol. The van der Waals surface area contributed by atoms with Crippen LogP contribution in [-0.2, 0) is 6.42 Å². The lowest BCUT2D eigenvalue weighted by atomic mass is 10.1. The van der Waals surface area contributed by atoms with Crippen molar-refractivity contribution in [3.8, 4) is 0 Å². The summed E-state index contributed by atoms with van der Waals surface area (Å²) in [6.07, 6.45) is 0.938. The van der Waals surface area contributed by atoms with Crippen LogP contribution in [0.2, 0.25) is 0 Å². The van der Waals surface area contributed by atoms with Crippen LogP contribution in [0.5, 0.6) is 0 Å². The van der Waals surface area contributed by atoms with E-state index in [1.807, 2.05) is 7.05 Å². The molecule has 2 N–H and O–H groups in total. The Labute approximate surface area is 113 Å². The number of rotatable bonds is 4. The molecular weight excluding hydrogens is 239 g/mol. The second kappa shape index (κ2) is 5.74. The lowest BCUT2D eigenvalue weighted by molar-refractivity contribution is 0.628. The number of aryl methyl sites for hydroxylation is 1. The summed E-state index contributed by atoms with van der Waals surface area (Å²) in [6, 6.07) is 13.0. The molecule has 0 radical (unpaired) electrons. The van der Waals surface area contributed by atoms with E-state index in [0.29, 0.717) is 5.69 Å². The molecule has 0 aliphatic heterocycles. The normalized spacial score (nSPS) is 10.5. The molecule has 3 heteroatoms. The van der Waals surface area contributed by atoms with E-state index in [4.69, 9.17) is 5.73 Å². The van der Waals surface area contributed by atoms with Crippen LogP contribution in [0.4, 0.5) is 15.8 Å². The Balaban J connectivity index is 2.01. The number of nitrogens with zero attached hydrogens (tertiary/aromatic N) is 1. The molecule has 19 heavy (non-hydrogen) atoms. The smallest absolute Gasteiger partial charge is 0.125 e. The zero-order valence-electron chi connectivity index (χ0n) is 11.4. The molecule has 2 aromatic rings. The number of nitrogens with two attached hydrogens (primary N) is 1. The SMILES string of the molecule is Cc1ccc(CCN(C)c2ccc(F)cc2N)cc1. The van der Waals surface area contributed by atoms with Crippen molar-refractivity contribution in [3.05, 3.63) is 59.4 Å². The molecule has 0 aliphatic rings. The van der Waals surface area contributed by atoms with Gasteiger partial charge in [-0.05, 0) is 37.1 Å². The molecule has 0 saturated carbocycles. The molecule has 100 valence electrons. The van der Waals surface area contributed by atoms with Gasteiger partial charge in [-0.1, -0.05) is 29.8 Å². The van der Waals surface area contributed by atoms with Crippen molar-refractivity contribution in [1.29, 1.82) is 0 Å². The standard InChI is InChI=1S/C16H19FN2/c1-12-3-5-13(6-4-12)9-10-19(2)16-8-7-14(17)11-15(16)18/h3-8,11H,9-10,18H2,1-2H3. The van der Waals surface area contributed by atoms with Crippen LogP contribution in [0.25, 0.3) is 0 Å². The maximum atomic E-state index is 13.0. The van der Waals surface area contributed by atoms with E-state index in [1.165, 1.54) is 23.3 Å². The zero-order chi connectivity index (χ0) is 13.8. The van der Waals surface area contributed by atoms with Gasteiger partial charge in [-0.3, -0.25) is 0 Å². The van der Waals surface area contributed by atoms with E-state index in [9.17, 15) is 4.39 Å². The van der Waals surface area contributed by atoms with E-state index in [0.717, 1.165) is 18.7 Å². The maximum absolute atomic E-state index is 13.0. The van der Waals surface area contributed by atoms with Crippen molar-refractivity contribution in [1.82, 2.24) is 0 Å². The van der Waals surface area contributed by atoms with Gasteiger partial charge in [0.2, 0.25) is 0 Å². The number of nitrogen functional groups attached to an aromatic ring is 1. The molecular formula is C16H19FN2. The minimum absolute atomic E-state index is 0.298. The van der Waals surface area contributed by atoms with E-state index in [2.05, 4.69) is 36.1 Å². The molecule has 2 aromatic carbocycles. The number of anilines is 2. The Hall–Kier alpha value is -2.03. The highest BCUT2D eigenvalue weighted by Crippen LogP contribution is 2.22. The van der Waals surface area contributed by atoms with Crippen LogP contribution < -0.4 is 10.6 Å². The largest absolute Gasteiger partial charge is 0.397 e. The van der Waals surface area contributed by atoms with Gasteiger partial charge in [-0.15, -0.1) is 0 Å². The van der Waals surface area contributed by atoms with Gasteiger partial charge in [-0.25, -0.2) is 4.39 Å². The quantitative estimate of drug-likeness (QED) is 0.852. The summed E-state index contributed by atoms with van der Waals surface area (Å²) in [5.41, 5.74) is 9.73. The predicted octanol–water partition coefficient (Wildman–Crippen LogP) is 3.40. The average molecular weight is 258 g/mol. The number of likely N-dealkylation sites (N-methyl/N-ethyl adjacent to an activating group) is 1. The number of halogens is 1. The van der Waals surface area contributed by atoms with Crippen LogP contribution >= 0.6 is 0 Å². The fourth-order valence-electron chi connectivity index (χ4n) is 2.05. The Morgan fingerprint density at radius 3 is 2.42 bits per heavy atom. The molecule has 2 rings (SSSR count). The van der Waals surface area contributed by atoms with Crippen LogP contribution in [0, 0.1) is 12.7 Å². The Kier molecular flexibility index (Phi) is 4.05. The number of hydrogen-bond acceptors (Lipinski definition) is 2. The van der Waals surface area contributed by atoms with Crippen molar-refractivity contribution in [2.45, 2.75) is 13.3 Å². The van der Waals surface area contributed by atoms with Gasteiger partial charge < -0.3 is 10.6 Å². The van der Waals surface area contributed by atoms with Crippen LogP contribution in [0.1, 0.15) is 11.1 Å². The molecule has 0 atom stereocenters. The zero-order valence-corrected chi connectivity index (χ0v) is 11.4. The summed E-state index contributed by atoms with van der Waals surface area (Å²) >= 11 is 0. The third-order valence-corrected chi connectivity index (χ3v) is 3.26. The molecule has 0 bridgehead atoms. The van der Waals surface area contributed by atoms with Gasteiger partial charge >= 0.3 is 0 Å². The van der Waals surface area contributed by atoms with Gasteiger partial charge in [0.1, 0.15) is 5.82 Å². The summed E-state index contributed by atoms with van der Waals surface area (Å²) in [6.45, 7) is 2.92. The Morgan fingerprint density at radius 1 is 1.11 bits per heavy atom. The first-order valence-electron chi connectivity index (χ1n) is 6.38. The van der Waals surface area contributed by atoms with E-state index in [-0.39, 0.29) is 5.82 Å². The highest BCUT2D eigenvalue weighted by Gasteiger charge is 2.06. The highest BCUT2D eigenvalue weighted by molar-refractivity contribution is 5.67. The molecule has 0 aromatic heterocycles. The van der Waals surface area contributed by atoms with Crippen LogP contribution in [0.15, 0.2) is 42.5 Å². The third-order valence-electron chi connectivity index (χ3n) is 3.26. The number of benzene rings is 2. The van der Waals surface area contributed by atoms with Gasteiger partial charge in [0.05, 0.1) is 11.4 Å². The average Bonchev–Trinajstić information content (AvgIpc) is 2.37. The molecule has 0 heterocycles. The fourth-order valence-corrected chi connectivity index (χ4v) is 2.05. The lowest BCUT2D eigenvalue weighted by Crippen LogP contribution is -2.21. The molecule has 0 aliphatic carbocycles. The molecule has 0 fully saturated rings. The van der Waals surface area contributed by atoms with Crippen molar-refractivity contribution >= 4 is 11.4 Å². The molecule has 0 saturated heterocycles. The van der Waals surface area contributed by atoms with E-state index < -0.39 is 0 Å². The minimum atomic E-state index is -0.298. The highest BCUT2D eigenvalue weighted by atomic mass is 19.1. The van der Waals surface area contributed by atoms with Crippen LogP contribution in [-0.4, -0.2) is 13.6 Å². The van der Waals surface area contributed by atoms with Gasteiger partial charge in [0.15, 0.2) is 0 Å². The topological polar surface area (TPSA) is 29.3 Å². The number of hydrogen-bond donors (Lipinski definition) is 1. The van der Waals surface area contributed by atoms with Crippen molar-refractivity contribution in [3.63, 3.8) is 0 Å². The molecule has 2 nitrogen and oxygen atoms in total. The first-order valence-corrected chi connectivity index (χ1v) is 6.38. The van der Waals surface area contributed by atoms with Gasteiger partial charge in [0, 0.05) is 13.6 Å². The Bertz CT molecular complexity index is 549. The summed E-state index contributed by atoms with van der Waals surface area (Å²) in [5.74, 6) is -0.298. The maximum Gasteiger partial charge on any atom is 0.125 e. The molecule has 0 unspecified atom stereocenters. The third kappa shape index (κ3) is 3.47. The first-order chi connectivity index (χ1) is 9.06. The lowest BCUT2D eigenvalue weighted by Gasteiger charge is -2.21. The summed E-state index contributed by atoms with van der Waals surface area (Å²) in [5, 5.41) is 0.